The first-order valence-electron chi connectivity index (χ1n) is 7.59. The topological polar surface area (TPSA) is 86.5 Å². The second-order valence-electron chi connectivity index (χ2n) is 5.39. The van der Waals surface area contributed by atoms with E-state index >= 15 is 0 Å². The Morgan fingerprint density at radius 1 is 1.43 bits per heavy atom. The number of hydrogen-bond acceptors (Lipinski definition) is 5. The highest BCUT2D eigenvalue weighted by Crippen LogP contribution is 2.29. The SMILES string of the molecule is COCCc1nc([C@@H]2CCCO2)n(-c2ccc(C(=O)O)cc2)n1. The van der Waals surface area contributed by atoms with E-state index < -0.39 is 5.97 Å². The largest absolute Gasteiger partial charge is 0.478 e. The van der Waals surface area contributed by atoms with E-state index in [0.29, 0.717) is 18.9 Å². The zero-order chi connectivity index (χ0) is 16.2. The van der Waals surface area contributed by atoms with E-state index in [4.69, 9.17) is 14.6 Å². The number of ether oxygens (including phenoxy) is 2. The predicted octanol–water partition coefficient (Wildman–Crippen LogP) is 2.01. The predicted molar refractivity (Wildman–Crippen MR) is 81.8 cm³/mol. The van der Waals surface area contributed by atoms with Crippen molar-refractivity contribution >= 4 is 5.97 Å². The monoisotopic (exact) mass is 317 g/mol. The van der Waals surface area contributed by atoms with E-state index in [-0.39, 0.29) is 11.7 Å². The zero-order valence-electron chi connectivity index (χ0n) is 12.9. The molecule has 0 unspecified atom stereocenters. The molecule has 1 aliphatic rings. The first kappa shape index (κ1) is 15.6. The third-order valence-corrected chi connectivity index (χ3v) is 3.78. The van der Waals surface area contributed by atoms with Gasteiger partial charge in [-0.2, -0.15) is 5.10 Å². The molecule has 0 amide bonds. The highest BCUT2D eigenvalue weighted by Gasteiger charge is 2.25. The molecule has 1 saturated heterocycles. The van der Waals surface area contributed by atoms with Crippen molar-refractivity contribution in [3.8, 4) is 5.69 Å². The van der Waals surface area contributed by atoms with Gasteiger partial charge < -0.3 is 14.6 Å². The van der Waals surface area contributed by atoms with Crippen molar-refractivity contribution in [3.63, 3.8) is 0 Å². The van der Waals surface area contributed by atoms with Crippen LogP contribution >= 0.6 is 0 Å². The van der Waals surface area contributed by atoms with Crippen LogP contribution in [0.25, 0.3) is 5.69 Å². The molecule has 1 aromatic heterocycles. The van der Waals surface area contributed by atoms with E-state index in [1.54, 1.807) is 36.1 Å². The molecule has 0 bridgehead atoms. The molecule has 3 rings (SSSR count). The molecule has 7 nitrogen and oxygen atoms in total. The number of benzene rings is 1. The Kier molecular flexibility index (Phi) is 4.68. The summed E-state index contributed by atoms with van der Waals surface area (Å²) in [6.45, 7) is 1.27. The molecule has 1 atom stereocenters. The number of methoxy groups -OCH3 is 1. The fourth-order valence-corrected chi connectivity index (χ4v) is 2.59. The Balaban J connectivity index is 1.94. The number of rotatable bonds is 6. The van der Waals surface area contributed by atoms with Crippen molar-refractivity contribution in [2.24, 2.45) is 0 Å². The molecular weight excluding hydrogens is 298 g/mol. The first-order valence-corrected chi connectivity index (χ1v) is 7.59. The third-order valence-electron chi connectivity index (χ3n) is 3.78. The lowest BCUT2D eigenvalue weighted by Gasteiger charge is -2.11. The van der Waals surface area contributed by atoms with Gasteiger partial charge in [0.1, 0.15) is 6.10 Å². The maximum atomic E-state index is 11.0. The van der Waals surface area contributed by atoms with Crippen LogP contribution in [0.3, 0.4) is 0 Å². The van der Waals surface area contributed by atoms with Crippen LogP contribution < -0.4 is 0 Å². The second-order valence-corrected chi connectivity index (χ2v) is 5.39. The number of carbonyl (C=O) groups is 1. The number of carboxylic acid groups (broad SMARTS) is 1. The molecule has 23 heavy (non-hydrogen) atoms. The summed E-state index contributed by atoms with van der Waals surface area (Å²) in [5.74, 6) is 0.506. The molecule has 7 heteroatoms. The standard InChI is InChI=1S/C16H19N3O4/c1-22-10-8-14-17-15(13-3-2-9-23-13)19(18-14)12-6-4-11(5-7-12)16(20)21/h4-7,13H,2-3,8-10H2,1H3,(H,20,21)/t13-/m0/s1. The molecule has 1 N–H and O–H groups in total. The van der Waals surface area contributed by atoms with Gasteiger partial charge in [0, 0.05) is 20.1 Å². The van der Waals surface area contributed by atoms with Crippen LogP contribution in [0.15, 0.2) is 24.3 Å². The summed E-state index contributed by atoms with van der Waals surface area (Å²) < 4.78 is 12.6. The molecule has 1 fully saturated rings. The van der Waals surface area contributed by atoms with Gasteiger partial charge in [-0.25, -0.2) is 14.5 Å². The van der Waals surface area contributed by atoms with Gasteiger partial charge in [-0.05, 0) is 37.1 Å². The lowest BCUT2D eigenvalue weighted by atomic mass is 10.2. The highest BCUT2D eigenvalue weighted by molar-refractivity contribution is 5.87. The van der Waals surface area contributed by atoms with Crippen molar-refractivity contribution in [2.45, 2.75) is 25.4 Å². The molecule has 2 heterocycles. The van der Waals surface area contributed by atoms with Crippen molar-refractivity contribution < 1.29 is 19.4 Å². The van der Waals surface area contributed by atoms with Gasteiger partial charge in [-0.1, -0.05) is 0 Å². The Labute approximate surface area is 133 Å². The summed E-state index contributed by atoms with van der Waals surface area (Å²) in [6, 6.07) is 6.59. The van der Waals surface area contributed by atoms with Crippen LogP contribution in [0.5, 0.6) is 0 Å². The average molecular weight is 317 g/mol. The highest BCUT2D eigenvalue weighted by atomic mass is 16.5. The van der Waals surface area contributed by atoms with Crippen LogP contribution in [0, 0.1) is 0 Å². The van der Waals surface area contributed by atoms with Crippen LogP contribution in [-0.4, -0.2) is 46.2 Å². The van der Waals surface area contributed by atoms with Gasteiger partial charge in [0.2, 0.25) is 0 Å². The van der Waals surface area contributed by atoms with E-state index in [9.17, 15) is 4.79 Å². The number of carboxylic acids is 1. The molecule has 2 aromatic rings. The summed E-state index contributed by atoms with van der Waals surface area (Å²) in [4.78, 5) is 15.6. The minimum Gasteiger partial charge on any atom is -0.478 e. The minimum atomic E-state index is -0.949. The molecule has 0 spiro atoms. The van der Waals surface area contributed by atoms with Crippen molar-refractivity contribution in [1.82, 2.24) is 14.8 Å². The Bertz CT molecular complexity index is 675. The number of nitrogens with zero attached hydrogens (tertiary/aromatic N) is 3. The van der Waals surface area contributed by atoms with Crippen LogP contribution in [-0.2, 0) is 15.9 Å². The summed E-state index contributed by atoms with van der Waals surface area (Å²) >= 11 is 0. The number of aromatic nitrogens is 3. The van der Waals surface area contributed by atoms with Crippen molar-refractivity contribution in [2.75, 3.05) is 20.3 Å². The van der Waals surface area contributed by atoms with Crippen molar-refractivity contribution in [1.29, 1.82) is 0 Å². The van der Waals surface area contributed by atoms with Gasteiger partial charge in [-0.3, -0.25) is 0 Å². The molecule has 0 saturated carbocycles. The maximum Gasteiger partial charge on any atom is 0.335 e. The summed E-state index contributed by atoms with van der Waals surface area (Å²) in [7, 11) is 1.64. The fraction of sp³-hybridized carbons (Fsp3) is 0.438. The van der Waals surface area contributed by atoms with E-state index in [2.05, 4.69) is 10.1 Å². The Morgan fingerprint density at radius 2 is 2.22 bits per heavy atom. The Hall–Kier alpha value is -2.25. The van der Waals surface area contributed by atoms with E-state index in [1.807, 2.05) is 0 Å². The second kappa shape index (κ2) is 6.89. The lowest BCUT2D eigenvalue weighted by Crippen LogP contribution is -2.08. The van der Waals surface area contributed by atoms with Gasteiger partial charge >= 0.3 is 5.97 Å². The maximum absolute atomic E-state index is 11.0. The van der Waals surface area contributed by atoms with Crippen LogP contribution in [0.1, 0.15) is 41.0 Å². The normalized spacial score (nSPS) is 17.5. The fourth-order valence-electron chi connectivity index (χ4n) is 2.59. The molecule has 1 aliphatic heterocycles. The summed E-state index contributed by atoms with van der Waals surface area (Å²) in [5.41, 5.74) is 1.02. The van der Waals surface area contributed by atoms with Gasteiger partial charge in [0.25, 0.3) is 0 Å². The minimum absolute atomic E-state index is 0.0713. The molecule has 122 valence electrons. The number of hydrogen-bond donors (Lipinski definition) is 1. The third kappa shape index (κ3) is 3.40. The molecule has 0 radical (unpaired) electrons. The van der Waals surface area contributed by atoms with Crippen LogP contribution in [0.2, 0.25) is 0 Å². The number of aromatic carboxylic acids is 1. The van der Waals surface area contributed by atoms with Crippen LogP contribution in [0.4, 0.5) is 0 Å². The van der Waals surface area contributed by atoms with Gasteiger partial charge in [0.15, 0.2) is 11.6 Å². The molecule has 0 aliphatic carbocycles. The quantitative estimate of drug-likeness (QED) is 0.877. The summed E-state index contributed by atoms with van der Waals surface area (Å²) in [5, 5.41) is 13.5. The van der Waals surface area contributed by atoms with E-state index in [1.165, 1.54) is 0 Å². The van der Waals surface area contributed by atoms with Crippen molar-refractivity contribution in [3.05, 3.63) is 41.5 Å². The van der Waals surface area contributed by atoms with Gasteiger partial charge in [-0.15, -0.1) is 0 Å². The zero-order valence-corrected chi connectivity index (χ0v) is 12.9. The summed E-state index contributed by atoms with van der Waals surface area (Å²) in [6.07, 6.45) is 2.47. The first-order chi connectivity index (χ1) is 11.2. The van der Waals surface area contributed by atoms with Gasteiger partial charge in [0.05, 0.1) is 17.9 Å². The average Bonchev–Trinajstić information content (AvgIpc) is 3.22. The van der Waals surface area contributed by atoms with E-state index in [0.717, 1.165) is 31.0 Å². The lowest BCUT2D eigenvalue weighted by molar-refractivity contribution is 0.0697. The smallest absolute Gasteiger partial charge is 0.335 e. The molecular formula is C16H19N3O4. The Morgan fingerprint density at radius 3 is 2.83 bits per heavy atom. The molecule has 1 aromatic carbocycles.